The Balaban J connectivity index is 0.000000791. The topological polar surface area (TPSA) is 42.0 Å². The van der Waals surface area contributed by atoms with Gasteiger partial charge >= 0.3 is 0 Å². The van der Waals surface area contributed by atoms with Gasteiger partial charge in [0.25, 0.3) is 5.91 Å². The van der Waals surface area contributed by atoms with Crippen molar-refractivity contribution >= 4 is 5.91 Å². The van der Waals surface area contributed by atoms with E-state index >= 15 is 0 Å². The Morgan fingerprint density at radius 2 is 2.07 bits per heavy atom. The van der Waals surface area contributed by atoms with Crippen molar-refractivity contribution in [2.24, 2.45) is 0 Å². The fraction of sp³-hybridized carbons (Fsp3) is 0.455. The number of aromatic nitrogens is 1. The van der Waals surface area contributed by atoms with Crippen LogP contribution in [0.5, 0.6) is 0 Å². The first-order chi connectivity index (χ1) is 6.74. The molecule has 0 saturated carbocycles. The number of nitrogens with one attached hydrogen (secondary N) is 1. The zero-order chi connectivity index (χ0) is 11.0. The Hall–Kier alpha value is -1.38. The number of amides is 1. The number of rotatable bonds is 2. The molecule has 3 nitrogen and oxygen atoms in total. The molecule has 0 atom stereocenters. The van der Waals surface area contributed by atoms with Gasteiger partial charge in [0.2, 0.25) is 0 Å². The van der Waals surface area contributed by atoms with Crippen LogP contribution in [0.1, 0.15) is 36.8 Å². The van der Waals surface area contributed by atoms with Crippen LogP contribution < -0.4 is 5.32 Å². The Morgan fingerprint density at radius 1 is 1.43 bits per heavy atom. The third-order valence-electron chi connectivity index (χ3n) is 1.48. The van der Waals surface area contributed by atoms with Crippen LogP contribution >= 0.6 is 0 Å². The van der Waals surface area contributed by atoms with E-state index in [9.17, 15) is 4.79 Å². The largest absolute Gasteiger partial charge is 0.351 e. The maximum Gasteiger partial charge on any atom is 0.269 e. The molecule has 0 unspecified atom stereocenters. The summed E-state index contributed by atoms with van der Waals surface area (Å²) in [5, 5.41) is 2.68. The summed E-state index contributed by atoms with van der Waals surface area (Å²) in [6.07, 6.45) is 1.69. The molecule has 0 aliphatic heterocycles. The van der Waals surface area contributed by atoms with Crippen LogP contribution in [0.3, 0.4) is 0 Å². The second-order valence-electron chi connectivity index (χ2n) is 2.58. The van der Waals surface area contributed by atoms with Gasteiger partial charge in [-0.25, -0.2) is 0 Å². The predicted octanol–water partition coefficient (Wildman–Crippen LogP) is 2.17. The minimum Gasteiger partial charge on any atom is -0.351 e. The lowest BCUT2D eigenvalue weighted by Crippen LogP contribution is -2.23. The number of hydrogen-bond acceptors (Lipinski definition) is 2. The van der Waals surface area contributed by atoms with E-state index in [4.69, 9.17) is 0 Å². The highest BCUT2D eigenvalue weighted by molar-refractivity contribution is 5.92. The number of nitrogens with zero attached hydrogens (tertiary/aromatic N) is 1. The van der Waals surface area contributed by atoms with Gasteiger partial charge in [0.1, 0.15) is 5.69 Å². The standard InChI is InChI=1S/C9H12N2O.C2H6/c1-3-10-9(12)8-5-4-7(2)6-11-8;1-2/h4-6H,3H2,1-2H3,(H,10,12);1-2H3. The first-order valence-electron chi connectivity index (χ1n) is 4.95. The molecule has 1 rings (SSSR count). The zero-order valence-corrected chi connectivity index (χ0v) is 9.29. The number of carbonyl (C=O) groups is 1. The summed E-state index contributed by atoms with van der Waals surface area (Å²) in [6, 6.07) is 3.60. The first-order valence-corrected chi connectivity index (χ1v) is 4.95. The van der Waals surface area contributed by atoms with Crippen molar-refractivity contribution < 1.29 is 4.79 Å². The number of pyridine rings is 1. The second-order valence-corrected chi connectivity index (χ2v) is 2.58. The van der Waals surface area contributed by atoms with Gasteiger partial charge < -0.3 is 5.32 Å². The van der Waals surface area contributed by atoms with E-state index in [0.717, 1.165) is 5.56 Å². The molecule has 0 aliphatic rings. The molecule has 1 amide bonds. The molecule has 1 aromatic heterocycles. The zero-order valence-electron chi connectivity index (χ0n) is 9.29. The number of hydrogen-bond donors (Lipinski definition) is 1. The van der Waals surface area contributed by atoms with Gasteiger partial charge in [-0.3, -0.25) is 9.78 Å². The van der Waals surface area contributed by atoms with E-state index in [0.29, 0.717) is 12.2 Å². The highest BCUT2D eigenvalue weighted by Gasteiger charge is 2.03. The summed E-state index contributed by atoms with van der Waals surface area (Å²) >= 11 is 0. The fourth-order valence-electron chi connectivity index (χ4n) is 0.853. The highest BCUT2D eigenvalue weighted by Crippen LogP contribution is 1.97. The molecule has 0 spiro atoms. The third-order valence-corrected chi connectivity index (χ3v) is 1.48. The molecular weight excluding hydrogens is 176 g/mol. The molecule has 0 saturated heterocycles. The molecule has 1 heterocycles. The molecule has 1 N–H and O–H groups in total. The minimum atomic E-state index is -0.113. The number of aryl methyl sites for hydroxylation is 1. The molecular formula is C11H18N2O. The summed E-state index contributed by atoms with van der Waals surface area (Å²) < 4.78 is 0. The molecule has 0 aromatic carbocycles. The van der Waals surface area contributed by atoms with Crippen LogP contribution in [-0.2, 0) is 0 Å². The lowest BCUT2D eigenvalue weighted by molar-refractivity contribution is 0.0951. The van der Waals surface area contributed by atoms with Crippen LogP contribution in [0.25, 0.3) is 0 Å². The van der Waals surface area contributed by atoms with Crippen LogP contribution in [0.15, 0.2) is 18.3 Å². The van der Waals surface area contributed by atoms with E-state index < -0.39 is 0 Å². The maximum atomic E-state index is 11.2. The van der Waals surface area contributed by atoms with Crippen molar-refractivity contribution in [3.63, 3.8) is 0 Å². The molecule has 3 heteroatoms. The van der Waals surface area contributed by atoms with Gasteiger partial charge in [-0.1, -0.05) is 19.9 Å². The molecule has 14 heavy (non-hydrogen) atoms. The van der Waals surface area contributed by atoms with Crippen molar-refractivity contribution in [2.75, 3.05) is 6.54 Å². The third kappa shape index (κ3) is 4.03. The molecule has 0 radical (unpaired) electrons. The quantitative estimate of drug-likeness (QED) is 0.784. The summed E-state index contributed by atoms with van der Waals surface area (Å²) in [7, 11) is 0. The normalized spacial score (nSPS) is 8.57. The van der Waals surface area contributed by atoms with E-state index in [1.807, 2.05) is 33.8 Å². The van der Waals surface area contributed by atoms with E-state index in [1.54, 1.807) is 12.3 Å². The summed E-state index contributed by atoms with van der Waals surface area (Å²) in [4.78, 5) is 15.2. The van der Waals surface area contributed by atoms with Crippen LogP contribution in [-0.4, -0.2) is 17.4 Å². The van der Waals surface area contributed by atoms with Gasteiger partial charge in [-0.15, -0.1) is 0 Å². The van der Waals surface area contributed by atoms with Crippen molar-refractivity contribution in [2.45, 2.75) is 27.7 Å². The smallest absolute Gasteiger partial charge is 0.269 e. The Kier molecular flexibility index (Phi) is 6.37. The van der Waals surface area contributed by atoms with Crippen molar-refractivity contribution in [1.82, 2.24) is 10.3 Å². The number of carbonyl (C=O) groups excluding carboxylic acids is 1. The average Bonchev–Trinajstić information content (AvgIpc) is 2.22. The Morgan fingerprint density at radius 3 is 2.50 bits per heavy atom. The van der Waals surface area contributed by atoms with Crippen molar-refractivity contribution in [3.8, 4) is 0 Å². The van der Waals surface area contributed by atoms with Gasteiger partial charge in [0.05, 0.1) is 0 Å². The maximum absolute atomic E-state index is 11.2. The van der Waals surface area contributed by atoms with E-state index in [2.05, 4.69) is 10.3 Å². The molecule has 0 bridgehead atoms. The monoisotopic (exact) mass is 194 g/mol. The van der Waals surface area contributed by atoms with Crippen LogP contribution in [0, 0.1) is 6.92 Å². The minimum absolute atomic E-state index is 0.113. The van der Waals surface area contributed by atoms with Gasteiger partial charge in [-0.2, -0.15) is 0 Å². The van der Waals surface area contributed by atoms with Gasteiger partial charge in [0.15, 0.2) is 0 Å². The highest BCUT2D eigenvalue weighted by atomic mass is 16.1. The molecule has 78 valence electrons. The summed E-state index contributed by atoms with van der Waals surface area (Å²) in [5.74, 6) is -0.113. The predicted molar refractivity (Wildman–Crippen MR) is 58.3 cm³/mol. The summed E-state index contributed by atoms with van der Waals surface area (Å²) in [6.45, 7) is 8.45. The first kappa shape index (κ1) is 12.6. The second kappa shape index (κ2) is 7.06. The fourth-order valence-corrected chi connectivity index (χ4v) is 0.853. The van der Waals surface area contributed by atoms with Crippen LogP contribution in [0.2, 0.25) is 0 Å². The molecule has 0 aliphatic carbocycles. The SMILES string of the molecule is CC.CCNC(=O)c1ccc(C)cn1. The molecule has 1 aromatic rings. The van der Waals surface area contributed by atoms with E-state index in [-0.39, 0.29) is 5.91 Å². The molecule has 0 fully saturated rings. The lowest BCUT2D eigenvalue weighted by Gasteiger charge is -2.00. The van der Waals surface area contributed by atoms with E-state index in [1.165, 1.54) is 0 Å². The van der Waals surface area contributed by atoms with Crippen molar-refractivity contribution in [3.05, 3.63) is 29.6 Å². The summed E-state index contributed by atoms with van der Waals surface area (Å²) in [5.41, 5.74) is 1.53. The van der Waals surface area contributed by atoms with Crippen molar-refractivity contribution in [1.29, 1.82) is 0 Å². The van der Waals surface area contributed by atoms with Crippen LogP contribution in [0.4, 0.5) is 0 Å². The van der Waals surface area contributed by atoms with Gasteiger partial charge in [-0.05, 0) is 25.5 Å². The Labute approximate surface area is 85.6 Å². The Bertz CT molecular complexity index is 267. The lowest BCUT2D eigenvalue weighted by atomic mass is 10.2. The van der Waals surface area contributed by atoms with Gasteiger partial charge in [0, 0.05) is 12.7 Å². The average molecular weight is 194 g/mol.